The minimum atomic E-state index is -3.82. The van der Waals surface area contributed by atoms with Gasteiger partial charge in [0, 0.05) is 6.04 Å². The molecule has 0 saturated heterocycles. The first-order chi connectivity index (χ1) is 7.76. The maximum atomic E-state index is 12.2. The molecule has 0 aromatic carbocycles. The normalized spacial score (nSPS) is 12.3. The molecule has 0 amide bonds. The quantitative estimate of drug-likeness (QED) is 0.788. The summed E-state index contributed by atoms with van der Waals surface area (Å²) in [5.41, 5.74) is 0.390. The Labute approximate surface area is 99.5 Å². The Bertz CT molecular complexity index is 506. The SMILES string of the molecule is Cc1[nH]ncc1S(=O)(=O)N(CC(=O)O)C(C)C. The van der Waals surface area contributed by atoms with Gasteiger partial charge in [-0.2, -0.15) is 9.40 Å². The average molecular weight is 261 g/mol. The number of aromatic nitrogens is 2. The van der Waals surface area contributed by atoms with Crippen molar-refractivity contribution >= 4 is 16.0 Å². The number of carboxylic acid groups (broad SMARTS) is 1. The third-order valence-electron chi connectivity index (χ3n) is 2.24. The molecule has 1 heterocycles. The maximum absolute atomic E-state index is 12.2. The molecule has 0 unspecified atom stereocenters. The number of H-pyrrole nitrogens is 1. The standard InChI is InChI=1S/C9H15N3O4S/c1-6(2)12(5-9(13)14)17(15,16)8-4-10-11-7(8)3/h4,6H,5H2,1-3H3,(H,10,11)(H,13,14). The summed E-state index contributed by atoms with van der Waals surface area (Å²) in [6.07, 6.45) is 1.18. The lowest BCUT2D eigenvalue weighted by Gasteiger charge is -2.23. The van der Waals surface area contributed by atoms with Gasteiger partial charge < -0.3 is 5.11 Å². The summed E-state index contributed by atoms with van der Waals surface area (Å²) >= 11 is 0. The number of hydrogen-bond acceptors (Lipinski definition) is 4. The summed E-state index contributed by atoms with van der Waals surface area (Å²) in [5.74, 6) is -1.19. The summed E-state index contributed by atoms with van der Waals surface area (Å²) in [7, 11) is -3.82. The minimum absolute atomic E-state index is 0.00690. The zero-order valence-electron chi connectivity index (χ0n) is 9.84. The lowest BCUT2D eigenvalue weighted by molar-refractivity contribution is -0.137. The van der Waals surface area contributed by atoms with Gasteiger partial charge >= 0.3 is 5.97 Å². The van der Waals surface area contributed by atoms with Gasteiger partial charge in [0.2, 0.25) is 10.0 Å². The molecule has 0 fully saturated rings. The number of aliphatic carboxylic acids is 1. The van der Waals surface area contributed by atoms with Gasteiger partial charge in [-0.3, -0.25) is 9.89 Å². The Morgan fingerprint density at radius 2 is 2.18 bits per heavy atom. The fourth-order valence-electron chi connectivity index (χ4n) is 1.40. The molecule has 8 heteroatoms. The molecule has 17 heavy (non-hydrogen) atoms. The molecule has 0 aliphatic heterocycles. The van der Waals surface area contributed by atoms with Crippen molar-refractivity contribution in [3.63, 3.8) is 0 Å². The van der Waals surface area contributed by atoms with E-state index in [0.717, 1.165) is 4.31 Å². The van der Waals surface area contributed by atoms with Crippen LogP contribution in [0.3, 0.4) is 0 Å². The van der Waals surface area contributed by atoms with Gasteiger partial charge in [-0.05, 0) is 20.8 Å². The van der Waals surface area contributed by atoms with Crippen LogP contribution in [0.1, 0.15) is 19.5 Å². The van der Waals surface area contributed by atoms with Crippen molar-refractivity contribution in [3.05, 3.63) is 11.9 Å². The van der Waals surface area contributed by atoms with Crippen LogP contribution < -0.4 is 0 Å². The fraction of sp³-hybridized carbons (Fsp3) is 0.556. The molecule has 0 radical (unpaired) electrons. The van der Waals surface area contributed by atoms with Crippen molar-refractivity contribution in [3.8, 4) is 0 Å². The van der Waals surface area contributed by atoms with Crippen molar-refractivity contribution in [1.29, 1.82) is 0 Å². The monoisotopic (exact) mass is 261 g/mol. The molecule has 0 spiro atoms. The number of aromatic amines is 1. The highest BCUT2D eigenvalue weighted by Crippen LogP contribution is 2.19. The van der Waals surface area contributed by atoms with E-state index in [-0.39, 0.29) is 4.90 Å². The van der Waals surface area contributed by atoms with Gasteiger partial charge in [-0.15, -0.1) is 0 Å². The Morgan fingerprint density at radius 1 is 1.59 bits per heavy atom. The van der Waals surface area contributed by atoms with Crippen LogP contribution in [0.4, 0.5) is 0 Å². The van der Waals surface area contributed by atoms with E-state index in [1.165, 1.54) is 6.20 Å². The van der Waals surface area contributed by atoms with E-state index < -0.39 is 28.6 Å². The van der Waals surface area contributed by atoms with Crippen LogP contribution in [0.25, 0.3) is 0 Å². The van der Waals surface area contributed by atoms with Gasteiger partial charge in [0.05, 0.1) is 11.9 Å². The van der Waals surface area contributed by atoms with E-state index in [9.17, 15) is 13.2 Å². The number of aryl methyl sites for hydroxylation is 1. The molecule has 0 saturated carbocycles. The summed E-state index contributed by atoms with van der Waals surface area (Å²) in [6.45, 7) is 4.25. The van der Waals surface area contributed by atoms with Gasteiger partial charge in [-0.1, -0.05) is 0 Å². The van der Waals surface area contributed by atoms with Gasteiger partial charge in [0.15, 0.2) is 0 Å². The molecule has 0 aliphatic rings. The number of carbonyl (C=O) groups is 1. The lowest BCUT2D eigenvalue weighted by Crippen LogP contribution is -2.40. The Kier molecular flexibility index (Phi) is 3.89. The number of carboxylic acids is 1. The Hall–Kier alpha value is -1.41. The number of sulfonamides is 1. The van der Waals surface area contributed by atoms with Gasteiger partial charge in [-0.25, -0.2) is 8.42 Å². The first-order valence-corrected chi connectivity index (χ1v) is 6.44. The molecular formula is C9H15N3O4S. The third-order valence-corrected chi connectivity index (χ3v) is 4.37. The van der Waals surface area contributed by atoms with Crippen LogP contribution in [0, 0.1) is 6.92 Å². The predicted molar refractivity (Wildman–Crippen MR) is 60.0 cm³/mol. The second-order valence-corrected chi connectivity index (χ2v) is 5.76. The zero-order chi connectivity index (χ0) is 13.2. The molecule has 1 aromatic rings. The molecule has 0 atom stereocenters. The molecule has 0 aliphatic carbocycles. The fourth-order valence-corrected chi connectivity index (χ4v) is 3.11. The van der Waals surface area contributed by atoms with E-state index in [0.29, 0.717) is 5.69 Å². The third kappa shape index (κ3) is 2.83. The smallest absolute Gasteiger partial charge is 0.318 e. The summed E-state index contributed by atoms with van der Waals surface area (Å²) < 4.78 is 25.3. The molecule has 1 aromatic heterocycles. The van der Waals surface area contributed by atoms with E-state index in [2.05, 4.69) is 10.2 Å². The van der Waals surface area contributed by atoms with Crippen LogP contribution in [-0.2, 0) is 14.8 Å². The molecule has 2 N–H and O–H groups in total. The highest BCUT2D eigenvalue weighted by atomic mass is 32.2. The molecule has 7 nitrogen and oxygen atoms in total. The molecule has 1 rings (SSSR count). The number of rotatable bonds is 5. The first kappa shape index (κ1) is 13.7. The highest BCUT2D eigenvalue weighted by Gasteiger charge is 2.31. The molecule has 96 valence electrons. The van der Waals surface area contributed by atoms with Crippen LogP contribution in [0.15, 0.2) is 11.1 Å². The predicted octanol–water partition coefficient (Wildman–Crippen LogP) is 0.202. The number of nitrogens with zero attached hydrogens (tertiary/aromatic N) is 2. The lowest BCUT2D eigenvalue weighted by atomic mass is 10.4. The van der Waals surface area contributed by atoms with Crippen molar-refractivity contribution in [1.82, 2.24) is 14.5 Å². The van der Waals surface area contributed by atoms with E-state index >= 15 is 0 Å². The summed E-state index contributed by atoms with van der Waals surface area (Å²) in [5, 5.41) is 14.9. The van der Waals surface area contributed by atoms with Crippen LogP contribution in [-0.4, -0.2) is 46.6 Å². The van der Waals surface area contributed by atoms with E-state index in [1.54, 1.807) is 20.8 Å². The van der Waals surface area contributed by atoms with E-state index in [1.807, 2.05) is 0 Å². The molecular weight excluding hydrogens is 246 g/mol. The minimum Gasteiger partial charge on any atom is -0.480 e. The second-order valence-electron chi connectivity index (χ2n) is 3.90. The van der Waals surface area contributed by atoms with E-state index in [4.69, 9.17) is 5.11 Å². The first-order valence-electron chi connectivity index (χ1n) is 5.00. The second kappa shape index (κ2) is 4.84. The number of nitrogens with one attached hydrogen (secondary N) is 1. The maximum Gasteiger partial charge on any atom is 0.318 e. The van der Waals surface area contributed by atoms with Crippen molar-refractivity contribution < 1.29 is 18.3 Å². The van der Waals surface area contributed by atoms with Crippen LogP contribution in [0.5, 0.6) is 0 Å². The summed E-state index contributed by atoms with van der Waals surface area (Å²) in [4.78, 5) is 10.7. The molecule has 0 bridgehead atoms. The van der Waals surface area contributed by atoms with Crippen LogP contribution >= 0.6 is 0 Å². The number of hydrogen-bond donors (Lipinski definition) is 2. The van der Waals surface area contributed by atoms with Gasteiger partial charge in [0.1, 0.15) is 11.4 Å². The Morgan fingerprint density at radius 3 is 2.53 bits per heavy atom. The average Bonchev–Trinajstić information content (AvgIpc) is 2.60. The summed E-state index contributed by atoms with van der Waals surface area (Å²) in [6, 6.07) is -0.439. The van der Waals surface area contributed by atoms with Crippen LogP contribution in [0.2, 0.25) is 0 Å². The van der Waals surface area contributed by atoms with Crippen molar-refractivity contribution in [2.24, 2.45) is 0 Å². The van der Waals surface area contributed by atoms with Gasteiger partial charge in [0.25, 0.3) is 0 Å². The zero-order valence-corrected chi connectivity index (χ0v) is 10.7. The largest absolute Gasteiger partial charge is 0.480 e. The topological polar surface area (TPSA) is 103 Å². The van der Waals surface area contributed by atoms with Crippen molar-refractivity contribution in [2.75, 3.05) is 6.54 Å². The highest BCUT2D eigenvalue weighted by molar-refractivity contribution is 7.89. The Balaban J connectivity index is 3.18. The van der Waals surface area contributed by atoms with Crippen molar-refractivity contribution in [2.45, 2.75) is 31.7 Å².